The zero-order valence-corrected chi connectivity index (χ0v) is 9.87. The quantitative estimate of drug-likeness (QED) is 0.699. The summed E-state index contributed by atoms with van der Waals surface area (Å²) in [4.78, 5) is 8.37. The minimum atomic E-state index is 0.617. The van der Waals surface area contributed by atoms with Gasteiger partial charge in [-0.25, -0.2) is 4.98 Å². The predicted octanol–water partition coefficient (Wildman–Crippen LogP) is 0.544. The van der Waals surface area contributed by atoms with E-state index < -0.39 is 0 Å². The standard InChI is InChI=1S/C12H14N6/c13-2-1-11-9(6-16-17-11)5-10-7-15-12-8-14-3-4-18(10)12/h3-4,6-8H,1-2,5,13H2,(H,16,17). The summed E-state index contributed by atoms with van der Waals surface area (Å²) in [7, 11) is 0. The van der Waals surface area contributed by atoms with Gasteiger partial charge in [-0.15, -0.1) is 0 Å². The van der Waals surface area contributed by atoms with Gasteiger partial charge in [-0.1, -0.05) is 0 Å². The van der Waals surface area contributed by atoms with E-state index in [9.17, 15) is 0 Å². The van der Waals surface area contributed by atoms with Crippen molar-refractivity contribution >= 4 is 5.65 Å². The van der Waals surface area contributed by atoms with Crippen molar-refractivity contribution in [2.45, 2.75) is 12.8 Å². The van der Waals surface area contributed by atoms with Crippen molar-refractivity contribution in [3.05, 3.63) is 47.9 Å². The number of hydrogen-bond donors (Lipinski definition) is 2. The minimum absolute atomic E-state index is 0.617. The molecule has 0 unspecified atom stereocenters. The summed E-state index contributed by atoms with van der Waals surface area (Å²) in [5.41, 5.74) is 9.82. The summed E-state index contributed by atoms with van der Waals surface area (Å²) in [6.07, 6.45) is 10.8. The zero-order valence-electron chi connectivity index (χ0n) is 9.87. The maximum absolute atomic E-state index is 5.58. The first-order chi connectivity index (χ1) is 8.88. The third-order valence-corrected chi connectivity index (χ3v) is 2.97. The molecule has 3 rings (SSSR count). The maximum Gasteiger partial charge on any atom is 0.155 e. The van der Waals surface area contributed by atoms with Gasteiger partial charge in [0.2, 0.25) is 0 Å². The number of fused-ring (bicyclic) bond motifs is 1. The van der Waals surface area contributed by atoms with Crippen molar-refractivity contribution in [2.75, 3.05) is 6.54 Å². The number of nitrogens with zero attached hydrogens (tertiary/aromatic N) is 4. The van der Waals surface area contributed by atoms with Crippen LogP contribution in [0.5, 0.6) is 0 Å². The lowest BCUT2D eigenvalue weighted by atomic mass is 10.1. The normalized spacial score (nSPS) is 11.2. The van der Waals surface area contributed by atoms with Crippen LogP contribution in [0.25, 0.3) is 5.65 Å². The summed E-state index contributed by atoms with van der Waals surface area (Å²) >= 11 is 0. The monoisotopic (exact) mass is 242 g/mol. The molecule has 0 saturated heterocycles. The second-order valence-corrected chi connectivity index (χ2v) is 4.14. The van der Waals surface area contributed by atoms with E-state index in [-0.39, 0.29) is 0 Å². The zero-order chi connectivity index (χ0) is 12.4. The number of nitrogens with two attached hydrogens (primary N) is 1. The molecule has 92 valence electrons. The largest absolute Gasteiger partial charge is 0.330 e. The van der Waals surface area contributed by atoms with E-state index in [1.54, 1.807) is 12.4 Å². The molecule has 0 saturated carbocycles. The van der Waals surface area contributed by atoms with Gasteiger partial charge in [-0.05, 0) is 12.1 Å². The molecule has 6 heteroatoms. The molecule has 0 aliphatic carbocycles. The highest BCUT2D eigenvalue weighted by Gasteiger charge is 2.09. The second kappa shape index (κ2) is 4.58. The molecule has 3 N–H and O–H groups in total. The van der Waals surface area contributed by atoms with Crippen molar-refractivity contribution < 1.29 is 0 Å². The van der Waals surface area contributed by atoms with E-state index in [0.717, 1.165) is 29.9 Å². The average Bonchev–Trinajstić information content (AvgIpc) is 2.99. The summed E-state index contributed by atoms with van der Waals surface area (Å²) in [6, 6.07) is 0. The molecule has 3 heterocycles. The first-order valence-electron chi connectivity index (χ1n) is 5.85. The maximum atomic E-state index is 5.58. The van der Waals surface area contributed by atoms with Crippen molar-refractivity contribution in [3.8, 4) is 0 Å². The summed E-state index contributed by atoms with van der Waals surface area (Å²) < 4.78 is 2.03. The number of aromatic amines is 1. The van der Waals surface area contributed by atoms with Crippen LogP contribution in [-0.2, 0) is 12.8 Å². The average molecular weight is 242 g/mol. The van der Waals surface area contributed by atoms with Crippen LogP contribution in [0.2, 0.25) is 0 Å². The Hall–Kier alpha value is -2.21. The van der Waals surface area contributed by atoms with Gasteiger partial charge in [0, 0.05) is 42.8 Å². The molecule has 0 aliphatic rings. The van der Waals surface area contributed by atoms with Crippen LogP contribution in [0.4, 0.5) is 0 Å². The molecule has 18 heavy (non-hydrogen) atoms. The van der Waals surface area contributed by atoms with Gasteiger partial charge >= 0.3 is 0 Å². The molecular formula is C12H14N6. The molecule has 6 nitrogen and oxygen atoms in total. The number of nitrogens with one attached hydrogen (secondary N) is 1. The first-order valence-corrected chi connectivity index (χ1v) is 5.85. The Morgan fingerprint density at radius 1 is 1.28 bits per heavy atom. The minimum Gasteiger partial charge on any atom is -0.330 e. The Morgan fingerprint density at radius 2 is 2.22 bits per heavy atom. The number of aromatic nitrogens is 5. The van der Waals surface area contributed by atoms with Crippen LogP contribution < -0.4 is 5.73 Å². The van der Waals surface area contributed by atoms with Crippen molar-refractivity contribution in [1.29, 1.82) is 0 Å². The number of H-pyrrole nitrogens is 1. The van der Waals surface area contributed by atoms with E-state index in [1.807, 2.05) is 23.0 Å². The first kappa shape index (κ1) is 10.9. The van der Waals surface area contributed by atoms with Crippen LogP contribution in [0.3, 0.4) is 0 Å². The summed E-state index contributed by atoms with van der Waals surface area (Å²) in [5.74, 6) is 0. The Morgan fingerprint density at radius 3 is 3.11 bits per heavy atom. The van der Waals surface area contributed by atoms with E-state index in [1.165, 1.54) is 5.56 Å². The fourth-order valence-electron chi connectivity index (χ4n) is 2.07. The van der Waals surface area contributed by atoms with Gasteiger partial charge < -0.3 is 10.1 Å². The molecule has 0 aromatic carbocycles. The van der Waals surface area contributed by atoms with Gasteiger partial charge in [0.15, 0.2) is 5.65 Å². The molecule has 0 amide bonds. The number of hydrogen-bond acceptors (Lipinski definition) is 4. The Kier molecular flexibility index (Phi) is 2.77. The number of imidazole rings is 1. The van der Waals surface area contributed by atoms with Crippen LogP contribution in [-0.4, -0.2) is 31.1 Å². The van der Waals surface area contributed by atoms with E-state index in [0.29, 0.717) is 6.54 Å². The van der Waals surface area contributed by atoms with Gasteiger partial charge in [0.25, 0.3) is 0 Å². The molecule has 0 bridgehead atoms. The van der Waals surface area contributed by atoms with Gasteiger partial charge in [-0.3, -0.25) is 10.1 Å². The van der Waals surface area contributed by atoms with Crippen LogP contribution in [0.1, 0.15) is 17.0 Å². The highest BCUT2D eigenvalue weighted by Crippen LogP contribution is 2.13. The fourth-order valence-corrected chi connectivity index (χ4v) is 2.07. The molecule has 0 radical (unpaired) electrons. The summed E-state index contributed by atoms with van der Waals surface area (Å²) in [6.45, 7) is 0.617. The lowest BCUT2D eigenvalue weighted by Gasteiger charge is -2.02. The Bertz CT molecular complexity index is 653. The van der Waals surface area contributed by atoms with E-state index >= 15 is 0 Å². The molecule has 0 atom stereocenters. The summed E-state index contributed by atoms with van der Waals surface area (Å²) in [5, 5.41) is 7.07. The molecule has 0 aliphatic heterocycles. The van der Waals surface area contributed by atoms with E-state index in [4.69, 9.17) is 5.73 Å². The van der Waals surface area contributed by atoms with Crippen molar-refractivity contribution in [1.82, 2.24) is 24.6 Å². The number of rotatable bonds is 4. The molecular weight excluding hydrogens is 228 g/mol. The third-order valence-electron chi connectivity index (χ3n) is 2.97. The Labute approximate surface area is 104 Å². The van der Waals surface area contributed by atoms with Gasteiger partial charge in [0.1, 0.15) is 0 Å². The van der Waals surface area contributed by atoms with Crippen molar-refractivity contribution in [3.63, 3.8) is 0 Å². The lowest BCUT2D eigenvalue weighted by Crippen LogP contribution is -2.05. The second-order valence-electron chi connectivity index (χ2n) is 4.14. The molecule has 3 aromatic heterocycles. The SMILES string of the molecule is NCCc1[nH]ncc1Cc1cnc2cnccn12. The van der Waals surface area contributed by atoms with Crippen molar-refractivity contribution in [2.24, 2.45) is 5.73 Å². The predicted molar refractivity (Wildman–Crippen MR) is 67.1 cm³/mol. The van der Waals surface area contributed by atoms with E-state index in [2.05, 4.69) is 20.2 Å². The molecule has 3 aromatic rings. The molecule has 0 spiro atoms. The third kappa shape index (κ3) is 1.86. The highest BCUT2D eigenvalue weighted by molar-refractivity contribution is 5.38. The highest BCUT2D eigenvalue weighted by atomic mass is 15.1. The van der Waals surface area contributed by atoms with Crippen LogP contribution >= 0.6 is 0 Å². The van der Waals surface area contributed by atoms with Crippen LogP contribution in [0.15, 0.2) is 31.0 Å². The van der Waals surface area contributed by atoms with Crippen LogP contribution in [0, 0.1) is 0 Å². The topological polar surface area (TPSA) is 84.9 Å². The Balaban J connectivity index is 1.94. The smallest absolute Gasteiger partial charge is 0.155 e. The van der Waals surface area contributed by atoms with Gasteiger partial charge in [-0.2, -0.15) is 5.10 Å². The lowest BCUT2D eigenvalue weighted by molar-refractivity contribution is 0.885. The molecule has 0 fully saturated rings. The fraction of sp³-hybridized carbons (Fsp3) is 0.250. The van der Waals surface area contributed by atoms with Gasteiger partial charge in [0.05, 0.1) is 12.4 Å².